The molecule has 164 valence electrons. The number of thiazole rings is 1. The average molecular weight is 467 g/mol. The van der Waals surface area contributed by atoms with Crippen LogP contribution in [-0.2, 0) is 10.5 Å². The summed E-state index contributed by atoms with van der Waals surface area (Å²) in [4.78, 5) is 16.3. The van der Waals surface area contributed by atoms with Gasteiger partial charge in [0.25, 0.3) is 0 Å². The van der Waals surface area contributed by atoms with E-state index >= 15 is 0 Å². The number of carbonyl (C=O) groups excluding carboxylic acids is 1. The van der Waals surface area contributed by atoms with Gasteiger partial charge in [-0.1, -0.05) is 29.5 Å². The highest BCUT2D eigenvalue weighted by Crippen LogP contribution is 2.31. The van der Waals surface area contributed by atoms with E-state index in [0.29, 0.717) is 18.1 Å². The molecule has 0 saturated heterocycles. The maximum atomic E-state index is 11.9. The molecule has 0 atom stereocenters. The molecule has 0 saturated carbocycles. The second-order valence-corrected chi connectivity index (χ2v) is 8.73. The van der Waals surface area contributed by atoms with E-state index in [2.05, 4.69) is 46.4 Å². The molecule has 7 nitrogen and oxygen atoms in total. The van der Waals surface area contributed by atoms with Crippen molar-refractivity contribution in [2.24, 2.45) is 0 Å². The molecule has 0 radical (unpaired) electrons. The van der Waals surface area contributed by atoms with Crippen LogP contribution in [0.4, 0.5) is 0 Å². The van der Waals surface area contributed by atoms with Crippen molar-refractivity contribution in [1.29, 1.82) is 0 Å². The van der Waals surface area contributed by atoms with Crippen LogP contribution in [-0.4, -0.2) is 39.4 Å². The van der Waals surface area contributed by atoms with Gasteiger partial charge in [0.15, 0.2) is 16.7 Å². The normalized spacial score (nSPS) is 10.8. The smallest absolute Gasteiger partial charge is 0.357 e. The zero-order chi connectivity index (χ0) is 22.5. The predicted molar refractivity (Wildman–Crippen MR) is 126 cm³/mol. The molecule has 0 N–H and O–H groups in total. The molecule has 0 aliphatic rings. The first-order chi connectivity index (χ1) is 15.6. The summed E-state index contributed by atoms with van der Waals surface area (Å²) in [6.45, 7) is 4.16. The summed E-state index contributed by atoms with van der Waals surface area (Å²) in [5.41, 5.74) is 3.42. The minimum Gasteiger partial charge on any atom is -0.497 e. The van der Waals surface area contributed by atoms with Crippen molar-refractivity contribution < 1.29 is 14.3 Å². The Balaban J connectivity index is 1.63. The molecular formula is C23H22N4O3S2. The van der Waals surface area contributed by atoms with Crippen molar-refractivity contribution >= 4 is 29.1 Å². The van der Waals surface area contributed by atoms with E-state index < -0.39 is 5.97 Å². The Bertz CT molecular complexity index is 1200. The molecule has 0 unspecified atom stereocenters. The number of thioether (sulfide) groups is 1. The van der Waals surface area contributed by atoms with Gasteiger partial charge < -0.3 is 9.47 Å². The van der Waals surface area contributed by atoms with Gasteiger partial charge in [-0.25, -0.2) is 9.78 Å². The fourth-order valence-corrected chi connectivity index (χ4v) is 4.75. The van der Waals surface area contributed by atoms with Crippen LogP contribution in [0.25, 0.3) is 17.1 Å². The van der Waals surface area contributed by atoms with Gasteiger partial charge in [-0.15, -0.1) is 21.5 Å². The molecule has 32 heavy (non-hydrogen) atoms. The Hall–Kier alpha value is -3.17. The zero-order valence-electron chi connectivity index (χ0n) is 17.9. The summed E-state index contributed by atoms with van der Waals surface area (Å²) < 4.78 is 12.3. The van der Waals surface area contributed by atoms with Gasteiger partial charge in [-0.05, 0) is 50.2 Å². The number of methoxy groups -OCH3 is 1. The fourth-order valence-electron chi connectivity index (χ4n) is 3.02. The number of aryl methyl sites for hydroxylation is 1. The highest BCUT2D eigenvalue weighted by Gasteiger charge is 2.18. The zero-order valence-corrected chi connectivity index (χ0v) is 19.6. The van der Waals surface area contributed by atoms with E-state index in [0.717, 1.165) is 33.0 Å². The van der Waals surface area contributed by atoms with Crippen molar-refractivity contribution in [2.75, 3.05) is 13.7 Å². The topological polar surface area (TPSA) is 79.1 Å². The van der Waals surface area contributed by atoms with Crippen molar-refractivity contribution in [2.45, 2.75) is 24.8 Å². The number of esters is 1. The molecule has 2 aromatic heterocycles. The lowest BCUT2D eigenvalue weighted by Gasteiger charge is -2.11. The van der Waals surface area contributed by atoms with E-state index in [1.54, 1.807) is 19.4 Å². The van der Waals surface area contributed by atoms with Crippen LogP contribution < -0.4 is 4.74 Å². The standard InChI is InChI=1S/C23H22N4O3S2/c1-4-30-22(28)19-13-31-20(24-19)14-32-23-26-25-21(16-7-11-18(29-3)12-8-16)27(23)17-9-5-15(2)6-10-17/h5-13H,4,14H2,1-3H3. The number of benzene rings is 2. The lowest BCUT2D eigenvalue weighted by Crippen LogP contribution is -2.05. The monoisotopic (exact) mass is 466 g/mol. The molecule has 0 fully saturated rings. The van der Waals surface area contributed by atoms with Crippen molar-refractivity contribution in [3.8, 4) is 22.8 Å². The second kappa shape index (κ2) is 9.97. The molecule has 4 aromatic rings. The van der Waals surface area contributed by atoms with Crippen LogP contribution in [0.1, 0.15) is 28.0 Å². The van der Waals surface area contributed by atoms with Crippen molar-refractivity contribution in [3.05, 3.63) is 70.2 Å². The predicted octanol–water partition coefficient (Wildman–Crippen LogP) is 5.18. The largest absolute Gasteiger partial charge is 0.497 e. The van der Waals surface area contributed by atoms with Crippen LogP contribution in [0.2, 0.25) is 0 Å². The van der Waals surface area contributed by atoms with Crippen LogP contribution in [0.5, 0.6) is 5.75 Å². The Morgan fingerprint density at radius 1 is 1.09 bits per heavy atom. The van der Waals surface area contributed by atoms with Crippen LogP contribution in [0.3, 0.4) is 0 Å². The molecule has 0 aliphatic carbocycles. The highest BCUT2D eigenvalue weighted by atomic mass is 32.2. The van der Waals surface area contributed by atoms with Gasteiger partial charge in [-0.2, -0.15) is 0 Å². The number of aromatic nitrogens is 4. The number of hydrogen-bond acceptors (Lipinski definition) is 8. The highest BCUT2D eigenvalue weighted by molar-refractivity contribution is 7.98. The molecule has 4 rings (SSSR count). The molecule has 0 aliphatic heterocycles. The molecule has 0 bridgehead atoms. The Morgan fingerprint density at radius 2 is 1.84 bits per heavy atom. The number of carbonyl (C=O) groups is 1. The summed E-state index contributed by atoms with van der Waals surface area (Å²) in [5.74, 6) is 1.69. The number of ether oxygens (including phenoxy) is 2. The van der Waals surface area contributed by atoms with Gasteiger partial charge in [0.1, 0.15) is 10.8 Å². The first-order valence-electron chi connectivity index (χ1n) is 10.00. The van der Waals surface area contributed by atoms with Crippen molar-refractivity contribution in [1.82, 2.24) is 19.7 Å². The van der Waals surface area contributed by atoms with E-state index in [4.69, 9.17) is 9.47 Å². The molecule has 9 heteroatoms. The average Bonchev–Trinajstić information content (AvgIpc) is 3.46. The first-order valence-corrected chi connectivity index (χ1v) is 11.9. The SMILES string of the molecule is CCOC(=O)c1csc(CSc2nnc(-c3ccc(OC)cc3)n2-c2ccc(C)cc2)n1. The quantitative estimate of drug-likeness (QED) is 0.262. The Morgan fingerprint density at radius 3 is 2.53 bits per heavy atom. The van der Waals surface area contributed by atoms with E-state index in [1.165, 1.54) is 28.7 Å². The Labute approximate surface area is 194 Å². The number of rotatable bonds is 8. The number of nitrogens with zero attached hydrogens (tertiary/aromatic N) is 4. The van der Waals surface area contributed by atoms with Crippen LogP contribution in [0, 0.1) is 6.92 Å². The Kier molecular flexibility index (Phi) is 6.87. The minimum absolute atomic E-state index is 0.328. The summed E-state index contributed by atoms with van der Waals surface area (Å²) in [5, 5.41) is 12.2. The summed E-state index contributed by atoms with van der Waals surface area (Å²) in [6.07, 6.45) is 0. The third-order valence-corrected chi connectivity index (χ3v) is 6.61. The lowest BCUT2D eigenvalue weighted by atomic mass is 10.2. The molecule has 0 amide bonds. The maximum absolute atomic E-state index is 11.9. The van der Waals surface area contributed by atoms with Gasteiger partial charge in [0.2, 0.25) is 0 Å². The maximum Gasteiger partial charge on any atom is 0.357 e. The third-order valence-electron chi connectivity index (χ3n) is 4.63. The van der Waals surface area contributed by atoms with E-state index in [1.807, 2.05) is 28.8 Å². The van der Waals surface area contributed by atoms with Gasteiger partial charge in [-0.3, -0.25) is 4.57 Å². The lowest BCUT2D eigenvalue weighted by molar-refractivity contribution is 0.0520. The van der Waals surface area contributed by atoms with Gasteiger partial charge in [0.05, 0.1) is 19.5 Å². The van der Waals surface area contributed by atoms with Gasteiger partial charge in [0, 0.05) is 16.6 Å². The molecule has 2 aromatic carbocycles. The number of hydrogen-bond donors (Lipinski definition) is 0. The first kappa shape index (κ1) is 22.0. The van der Waals surface area contributed by atoms with E-state index in [-0.39, 0.29) is 0 Å². The summed E-state index contributed by atoms with van der Waals surface area (Å²) in [6, 6.07) is 16.0. The van der Waals surface area contributed by atoms with Crippen LogP contribution >= 0.6 is 23.1 Å². The van der Waals surface area contributed by atoms with Gasteiger partial charge >= 0.3 is 5.97 Å². The molecular weight excluding hydrogens is 444 g/mol. The molecule has 2 heterocycles. The van der Waals surface area contributed by atoms with E-state index in [9.17, 15) is 4.79 Å². The fraction of sp³-hybridized carbons (Fsp3) is 0.217. The third kappa shape index (κ3) is 4.84. The summed E-state index contributed by atoms with van der Waals surface area (Å²) in [7, 11) is 1.64. The van der Waals surface area contributed by atoms with Crippen molar-refractivity contribution in [3.63, 3.8) is 0 Å². The molecule has 0 spiro atoms. The minimum atomic E-state index is -0.399. The summed E-state index contributed by atoms with van der Waals surface area (Å²) >= 11 is 2.95. The van der Waals surface area contributed by atoms with Crippen LogP contribution in [0.15, 0.2) is 59.1 Å². The second-order valence-electron chi connectivity index (χ2n) is 6.84.